The van der Waals surface area contributed by atoms with Crippen molar-refractivity contribution in [2.24, 2.45) is 0 Å². The van der Waals surface area contributed by atoms with Crippen molar-refractivity contribution in [2.45, 2.75) is 6.54 Å². The SMILES string of the molecule is COc1ccc(Nc2nnc(-c3cccnc3NCc3ccccn3)o2)cc1. The number of aromatic nitrogens is 4. The van der Waals surface area contributed by atoms with Crippen LogP contribution >= 0.6 is 0 Å². The predicted molar refractivity (Wildman–Crippen MR) is 105 cm³/mol. The van der Waals surface area contributed by atoms with Gasteiger partial charge in [0.25, 0.3) is 5.89 Å². The second kappa shape index (κ2) is 8.17. The summed E-state index contributed by atoms with van der Waals surface area (Å²) in [6.45, 7) is 0.538. The first kappa shape index (κ1) is 17.5. The van der Waals surface area contributed by atoms with E-state index in [-0.39, 0.29) is 0 Å². The molecule has 1 aromatic carbocycles. The lowest BCUT2D eigenvalue weighted by molar-refractivity contribution is 0.415. The van der Waals surface area contributed by atoms with Gasteiger partial charge in [0.05, 0.1) is 24.9 Å². The number of hydrogen-bond donors (Lipinski definition) is 2. The first-order valence-electron chi connectivity index (χ1n) is 8.65. The highest BCUT2D eigenvalue weighted by atomic mass is 16.5. The van der Waals surface area contributed by atoms with E-state index < -0.39 is 0 Å². The monoisotopic (exact) mass is 374 g/mol. The summed E-state index contributed by atoms with van der Waals surface area (Å²) in [5.74, 6) is 1.79. The zero-order chi connectivity index (χ0) is 19.2. The minimum atomic E-state index is 0.291. The molecule has 0 aliphatic rings. The molecule has 3 aromatic heterocycles. The molecular weight excluding hydrogens is 356 g/mol. The third kappa shape index (κ3) is 4.07. The fourth-order valence-corrected chi connectivity index (χ4v) is 2.58. The fraction of sp³-hybridized carbons (Fsp3) is 0.100. The van der Waals surface area contributed by atoms with E-state index in [1.807, 2.05) is 54.6 Å². The maximum Gasteiger partial charge on any atom is 0.320 e. The highest BCUT2D eigenvalue weighted by molar-refractivity contribution is 5.69. The van der Waals surface area contributed by atoms with Crippen LogP contribution in [-0.2, 0) is 6.54 Å². The summed E-state index contributed by atoms with van der Waals surface area (Å²) in [5.41, 5.74) is 2.44. The molecule has 0 radical (unpaired) electrons. The first-order chi connectivity index (χ1) is 13.8. The minimum Gasteiger partial charge on any atom is -0.497 e. The summed E-state index contributed by atoms with van der Waals surface area (Å²) in [4.78, 5) is 8.68. The number of pyridine rings is 2. The second-order valence-electron chi connectivity index (χ2n) is 5.84. The Morgan fingerprint density at radius 1 is 0.929 bits per heavy atom. The summed E-state index contributed by atoms with van der Waals surface area (Å²) in [5, 5.41) is 14.5. The van der Waals surface area contributed by atoms with E-state index in [2.05, 4.69) is 30.8 Å². The van der Waals surface area contributed by atoms with Gasteiger partial charge in [-0.1, -0.05) is 11.2 Å². The number of anilines is 3. The largest absolute Gasteiger partial charge is 0.497 e. The zero-order valence-corrected chi connectivity index (χ0v) is 15.2. The molecule has 0 aliphatic heterocycles. The van der Waals surface area contributed by atoms with Crippen molar-refractivity contribution in [2.75, 3.05) is 17.7 Å². The number of methoxy groups -OCH3 is 1. The van der Waals surface area contributed by atoms with E-state index >= 15 is 0 Å². The van der Waals surface area contributed by atoms with Gasteiger partial charge in [-0.05, 0) is 48.5 Å². The zero-order valence-electron chi connectivity index (χ0n) is 15.2. The highest BCUT2D eigenvalue weighted by Gasteiger charge is 2.14. The van der Waals surface area contributed by atoms with Gasteiger partial charge in [-0.2, -0.15) is 0 Å². The van der Waals surface area contributed by atoms with Crippen LogP contribution in [0.4, 0.5) is 17.5 Å². The number of benzene rings is 1. The third-order valence-corrected chi connectivity index (χ3v) is 3.97. The number of nitrogens with zero attached hydrogens (tertiary/aromatic N) is 4. The quantitative estimate of drug-likeness (QED) is 0.503. The minimum absolute atomic E-state index is 0.291. The van der Waals surface area contributed by atoms with E-state index in [4.69, 9.17) is 9.15 Å². The average Bonchev–Trinajstić information content (AvgIpc) is 3.22. The average molecular weight is 374 g/mol. The van der Waals surface area contributed by atoms with Crippen LogP contribution in [0, 0.1) is 0 Å². The smallest absolute Gasteiger partial charge is 0.320 e. The molecule has 2 N–H and O–H groups in total. The lowest BCUT2D eigenvalue weighted by atomic mass is 10.2. The molecule has 8 nitrogen and oxygen atoms in total. The van der Waals surface area contributed by atoms with Gasteiger partial charge in [0.15, 0.2) is 0 Å². The van der Waals surface area contributed by atoms with Crippen molar-refractivity contribution >= 4 is 17.5 Å². The van der Waals surface area contributed by atoms with Crippen LogP contribution in [0.2, 0.25) is 0 Å². The molecule has 0 saturated carbocycles. The van der Waals surface area contributed by atoms with Crippen LogP contribution in [0.3, 0.4) is 0 Å². The summed E-state index contributed by atoms with van der Waals surface area (Å²) >= 11 is 0. The summed E-state index contributed by atoms with van der Waals surface area (Å²) in [7, 11) is 1.63. The Morgan fingerprint density at radius 2 is 1.79 bits per heavy atom. The molecule has 3 heterocycles. The van der Waals surface area contributed by atoms with Crippen molar-refractivity contribution < 1.29 is 9.15 Å². The molecule has 8 heteroatoms. The number of nitrogens with one attached hydrogen (secondary N) is 2. The lowest BCUT2D eigenvalue weighted by Gasteiger charge is -2.08. The molecule has 0 spiro atoms. The first-order valence-corrected chi connectivity index (χ1v) is 8.65. The van der Waals surface area contributed by atoms with E-state index in [0.717, 1.165) is 17.1 Å². The Hall–Kier alpha value is -3.94. The molecule has 0 amide bonds. The summed E-state index contributed by atoms with van der Waals surface area (Å²) < 4.78 is 10.9. The second-order valence-corrected chi connectivity index (χ2v) is 5.84. The van der Waals surface area contributed by atoms with E-state index in [1.54, 1.807) is 19.5 Å². The molecule has 0 aliphatic carbocycles. The van der Waals surface area contributed by atoms with E-state index in [9.17, 15) is 0 Å². The number of rotatable bonds is 7. The van der Waals surface area contributed by atoms with Crippen LogP contribution in [0.1, 0.15) is 5.69 Å². The van der Waals surface area contributed by atoms with Gasteiger partial charge in [-0.15, -0.1) is 5.10 Å². The maximum atomic E-state index is 5.76. The normalized spacial score (nSPS) is 10.5. The van der Waals surface area contributed by atoms with E-state index in [0.29, 0.717) is 29.8 Å². The van der Waals surface area contributed by atoms with Crippen molar-refractivity contribution in [1.82, 2.24) is 20.2 Å². The molecule has 0 unspecified atom stereocenters. The van der Waals surface area contributed by atoms with Gasteiger partial charge >= 0.3 is 6.01 Å². The van der Waals surface area contributed by atoms with Gasteiger partial charge in [0, 0.05) is 18.1 Å². The fourth-order valence-electron chi connectivity index (χ4n) is 2.58. The molecule has 28 heavy (non-hydrogen) atoms. The van der Waals surface area contributed by atoms with Crippen LogP contribution < -0.4 is 15.4 Å². The predicted octanol–water partition coefficient (Wildman–Crippen LogP) is 3.89. The lowest BCUT2D eigenvalue weighted by Crippen LogP contribution is -2.04. The van der Waals surface area contributed by atoms with Gasteiger partial charge in [0.1, 0.15) is 11.6 Å². The molecule has 4 rings (SSSR count). The van der Waals surface area contributed by atoms with Crippen LogP contribution in [0.15, 0.2) is 71.4 Å². The molecule has 4 aromatic rings. The Morgan fingerprint density at radius 3 is 2.57 bits per heavy atom. The van der Waals surface area contributed by atoms with Crippen LogP contribution in [-0.4, -0.2) is 27.3 Å². The van der Waals surface area contributed by atoms with Crippen LogP contribution in [0.5, 0.6) is 5.75 Å². The van der Waals surface area contributed by atoms with Crippen molar-refractivity contribution in [1.29, 1.82) is 0 Å². The molecule has 0 bridgehead atoms. The van der Waals surface area contributed by atoms with Crippen molar-refractivity contribution in [3.8, 4) is 17.2 Å². The van der Waals surface area contributed by atoms with Gasteiger partial charge in [-0.3, -0.25) is 4.98 Å². The third-order valence-electron chi connectivity index (χ3n) is 3.97. The molecule has 0 atom stereocenters. The molecule has 140 valence electrons. The van der Waals surface area contributed by atoms with Gasteiger partial charge in [0.2, 0.25) is 0 Å². The van der Waals surface area contributed by atoms with Gasteiger partial charge in [-0.25, -0.2) is 4.98 Å². The highest BCUT2D eigenvalue weighted by Crippen LogP contribution is 2.27. The number of hydrogen-bond acceptors (Lipinski definition) is 8. The van der Waals surface area contributed by atoms with Crippen LogP contribution in [0.25, 0.3) is 11.5 Å². The maximum absolute atomic E-state index is 5.76. The summed E-state index contributed by atoms with van der Waals surface area (Å²) in [6.07, 6.45) is 3.46. The molecule has 0 fully saturated rings. The summed E-state index contributed by atoms with van der Waals surface area (Å²) in [6, 6.07) is 17.2. The number of ether oxygens (including phenoxy) is 1. The standard InChI is InChI=1S/C20H18N6O2/c1-27-16-9-7-14(8-10-16)24-20-26-25-19(28-20)17-6-4-12-22-18(17)23-13-15-5-2-3-11-21-15/h2-12H,13H2,1H3,(H,22,23)(H,24,26). The molecule has 0 saturated heterocycles. The topological polar surface area (TPSA) is 98.0 Å². The Labute approximate surface area is 161 Å². The Kier molecular flexibility index (Phi) is 5.10. The van der Waals surface area contributed by atoms with Gasteiger partial charge < -0.3 is 19.8 Å². The molecular formula is C20H18N6O2. The Balaban J connectivity index is 1.50. The Bertz CT molecular complexity index is 1030. The van der Waals surface area contributed by atoms with E-state index in [1.165, 1.54) is 0 Å². The van der Waals surface area contributed by atoms with Crippen molar-refractivity contribution in [3.63, 3.8) is 0 Å². The van der Waals surface area contributed by atoms with Crippen molar-refractivity contribution in [3.05, 3.63) is 72.7 Å².